The number of amides is 1. The molecule has 1 aliphatic heterocycles. The van der Waals surface area contributed by atoms with E-state index < -0.39 is 30.0 Å². The van der Waals surface area contributed by atoms with Gasteiger partial charge in [-0.25, -0.2) is 0 Å². The highest BCUT2D eigenvalue weighted by Crippen LogP contribution is 2.40. The summed E-state index contributed by atoms with van der Waals surface area (Å²) in [5.74, 6) is -0.239. The van der Waals surface area contributed by atoms with Gasteiger partial charge in [-0.1, -0.05) is 25.1 Å². The van der Waals surface area contributed by atoms with Crippen LogP contribution >= 0.6 is 0 Å². The second kappa shape index (κ2) is 7.74. The zero-order chi connectivity index (χ0) is 21.4. The van der Waals surface area contributed by atoms with Gasteiger partial charge in [-0.05, 0) is 38.0 Å². The van der Waals surface area contributed by atoms with Crippen LogP contribution in [0.5, 0.6) is 0 Å². The minimum absolute atomic E-state index is 0.0177. The fourth-order valence-corrected chi connectivity index (χ4v) is 3.68. The number of allylic oxidation sites excluding steroid dienone is 2. The number of hydrogen-bond acceptors (Lipinski definition) is 4. The molecule has 1 amide bonds. The summed E-state index contributed by atoms with van der Waals surface area (Å²) in [5, 5.41) is 13.6. The molecule has 0 bridgehead atoms. The number of nitrogens with one attached hydrogen (secondary N) is 1. The van der Waals surface area contributed by atoms with Gasteiger partial charge in [0, 0.05) is 24.0 Å². The molecule has 5 nitrogen and oxygen atoms in total. The molecule has 3 rings (SSSR count). The third-order valence-electron chi connectivity index (χ3n) is 5.16. The fraction of sp³-hybridized carbons (Fsp3) is 0.476. The minimum atomic E-state index is -4.81. The van der Waals surface area contributed by atoms with Gasteiger partial charge in [0.15, 0.2) is 0 Å². The highest BCUT2D eigenvalue weighted by Gasteiger charge is 2.46. The number of aliphatic hydroxyl groups excluding tert-OH is 1. The molecule has 0 saturated carbocycles. The second-order valence-corrected chi connectivity index (χ2v) is 7.65. The lowest BCUT2D eigenvalue weighted by Gasteiger charge is -2.44. The zero-order valence-electron chi connectivity index (χ0n) is 16.5. The van der Waals surface area contributed by atoms with Gasteiger partial charge in [0.1, 0.15) is 23.2 Å². The summed E-state index contributed by atoms with van der Waals surface area (Å²) in [5.41, 5.74) is 0.572. The number of rotatable bonds is 4. The SMILES string of the molecule is CCc1ccccc1C(=O)N[C@@H]1C2=C(CCC(OC(F)(F)F)=C2)OC(C)(C)[C@H]1O. The molecule has 0 unspecified atom stereocenters. The van der Waals surface area contributed by atoms with Gasteiger partial charge in [-0.3, -0.25) is 4.79 Å². The van der Waals surface area contributed by atoms with Crippen LogP contribution < -0.4 is 5.32 Å². The van der Waals surface area contributed by atoms with Crippen molar-refractivity contribution < 1.29 is 32.5 Å². The second-order valence-electron chi connectivity index (χ2n) is 7.65. The normalized spacial score (nSPS) is 23.6. The molecule has 1 heterocycles. The maximum atomic E-state index is 12.9. The summed E-state index contributed by atoms with van der Waals surface area (Å²) >= 11 is 0. The van der Waals surface area contributed by atoms with E-state index in [-0.39, 0.29) is 18.6 Å². The Morgan fingerprint density at radius 2 is 2.00 bits per heavy atom. The van der Waals surface area contributed by atoms with Crippen molar-refractivity contribution in [1.29, 1.82) is 0 Å². The van der Waals surface area contributed by atoms with E-state index in [0.717, 1.165) is 5.56 Å². The van der Waals surface area contributed by atoms with Gasteiger partial charge in [0.05, 0.1) is 6.04 Å². The molecule has 1 aromatic carbocycles. The quantitative estimate of drug-likeness (QED) is 0.786. The first-order valence-electron chi connectivity index (χ1n) is 9.47. The Kier molecular flexibility index (Phi) is 5.67. The first-order chi connectivity index (χ1) is 13.5. The minimum Gasteiger partial charge on any atom is -0.489 e. The Morgan fingerprint density at radius 3 is 2.66 bits per heavy atom. The first kappa shape index (κ1) is 21.2. The van der Waals surface area contributed by atoms with E-state index in [4.69, 9.17) is 4.74 Å². The molecule has 158 valence electrons. The monoisotopic (exact) mass is 411 g/mol. The molecule has 2 N–H and O–H groups in total. The fourth-order valence-electron chi connectivity index (χ4n) is 3.68. The molecule has 0 spiro atoms. The van der Waals surface area contributed by atoms with E-state index in [9.17, 15) is 23.1 Å². The standard InChI is InChI=1S/C21H24F3NO4/c1-4-12-7-5-6-8-14(12)19(27)25-17-15-11-13(28-21(22,23)24)9-10-16(15)29-20(2,3)18(17)26/h5-8,11,17-18,26H,4,9-10H2,1-3H3,(H,25,27)/t17-,18+/m1/s1. The van der Waals surface area contributed by atoms with Gasteiger partial charge in [-0.15, -0.1) is 13.2 Å². The molecular formula is C21H24F3NO4. The summed E-state index contributed by atoms with van der Waals surface area (Å²) in [4.78, 5) is 12.9. The predicted molar refractivity (Wildman–Crippen MR) is 99.7 cm³/mol. The Morgan fingerprint density at radius 1 is 1.31 bits per heavy atom. The number of alkyl halides is 3. The summed E-state index contributed by atoms with van der Waals surface area (Å²) in [7, 11) is 0. The molecule has 1 aromatic rings. The van der Waals surface area contributed by atoms with Gasteiger partial charge >= 0.3 is 6.36 Å². The smallest absolute Gasteiger partial charge is 0.489 e. The molecule has 0 radical (unpaired) electrons. The molecule has 0 saturated heterocycles. The van der Waals surface area contributed by atoms with Crippen LogP contribution in [0.3, 0.4) is 0 Å². The summed E-state index contributed by atoms with van der Waals surface area (Å²) < 4.78 is 47.8. The summed E-state index contributed by atoms with van der Waals surface area (Å²) in [6, 6.07) is 6.14. The molecule has 0 aromatic heterocycles. The number of aryl methyl sites for hydroxylation is 1. The van der Waals surface area contributed by atoms with Crippen LogP contribution in [0.1, 0.15) is 49.5 Å². The van der Waals surface area contributed by atoms with E-state index in [1.165, 1.54) is 6.08 Å². The van der Waals surface area contributed by atoms with Crippen molar-refractivity contribution in [3.63, 3.8) is 0 Å². The average molecular weight is 411 g/mol. The topological polar surface area (TPSA) is 67.8 Å². The van der Waals surface area contributed by atoms with Gasteiger partial charge in [-0.2, -0.15) is 0 Å². The molecule has 2 atom stereocenters. The van der Waals surface area contributed by atoms with E-state index in [2.05, 4.69) is 10.1 Å². The lowest BCUT2D eigenvalue weighted by molar-refractivity contribution is -0.306. The van der Waals surface area contributed by atoms with E-state index in [0.29, 0.717) is 23.3 Å². The zero-order valence-corrected chi connectivity index (χ0v) is 16.5. The predicted octanol–water partition coefficient (Wildman–Crippen LogP) is 3.99. The number of aliphatic hydroxyl groups is 1. The van der Waals surface area contributed by atoms with Crippen LogP contribution in [0.15, 0.2) is 47.4 Å². The van der Waals surface area contributed by atoms with Gasteiger partial charge in [0.2, 0.25) is 0 Å². The number of halogens is 3. The van der Waals surface area contributed by atoms with E-state index in [1.807, 2.05) is 19.1 Å². The van der Waals surface area contributed by atoms with Crippen LogP contribution in [0.4, 0.5) is 13.2 Å². The average Bonchev–Trinajstić information content (AvgIpc) is 2.64. The largest absolute Gasteiger partial charge is 0.572 e. The van der Waals surface area contributed by atoms with Crippen LogP contribution in [0.2, 0.25) is 0 Å². The first-order valence-corrected chi connectivity index (χ1v) is 9.47. The molecular weight excluding hydrogens is 387 g/mol. The van der Waals surface area contributed by atoms with Crippen LogP contribution in [-0.2, 0) is 15.9 Å². The third kappa shape index (κ3) is 4.58. The van der Waals surface area contributed by atoms with E-state index >= 15 is 0 Å². The summed E-state index contributed by atoms with van der Waals surface area (Å²) in [6.45, 7) is 5.27. The Balaban J connectivity index is 1.95. The molecule has 1 aliphatic carbocycles. The van der Waals surface area contributed by atoms with Crippen molar-refractivity contribution in [2.45, 2.75) is 64.1 Å². The lowest BCUT2D eigenvalue weighted by Crippen LogP contribution is -2.57. The van der Waals surface area contributed by atoms with E-state index in [1.54, 1.807) is 26.0 Å². The molecule has 29 heavy (non-hydrogen) atoms. The van der Waals surface area contributed by atoms with Crippen molar-refractivity contribution in [1.82, 2.24) is 5.32 Å². The Hall–Kier alpha value is -2.48. The number of carbonyl (C=O) groups is 1. The van der Waals surface area contributed by atoms with Crippen molar-refractivity contribution >= 4 is 5.91 Å². The van der Waals surface area contributed by atoms with Crippen molar-refractivity contribution in [3.8, 4) is 0 Å². The number of ether oxygens (including phenoxy) is 2. The number of hydrogen-bond donors (Lipinski definition) is 2. The maximum absolute atomic E-state index is 12.9. The third-order valence-corrected chi connectivity index (χ3v) is 5.16. The Labute approximate surface area is 167 Å². The lowest BCUT2D eigenvalue weighted by atomic mass is 9.83. The van der Waals surface area contributed by atoms with Crippen LogP contribution in [-0.4, -0.2) is 35.1 Å². The van der Waals surface area contributed by atoms with Crippen LogP contribution in [0.25, 0.3) is 0 Å². The van der Waals surface area contributed by atoms with Gasteiger partial charge in [0.25, 0.3) is 5.91 Å². The van der Waals surface area contributed by atoms with Crippen molar-refractivity contribution in [3.05, 3.63) is 58.6 Å². The van der Waals surface area contributed by atoms with Crippen molar-refractivity contribution in [2.24, 2.45) is 0 Å². The van der Waals surface area contributed by atoms with Crippen LogP contribution in [0, 0.1) is 0 Å². The number of carbonyl (C=O) groups excluding carboxylic acids is 1. The van der Waals surface area contributed by atoms with Crippen molar-refractivity contribution in [2.75, 3.05) is 0 Å². The Bertz CT molecular complexity index is 858. The molecule has 8 heteroatoms. The number of benzene rings is 1. The molecule has 0 fully saturated rings. The van der Waals surface area contributed by atoms with Gasteiger partial charge < -0.3 is 19.9 Å². The highest BCUT2D eigenvalue weighted by atomic mass is 19.4. The molecule has 2 aliphatic rings. The summed E-state index contributed by atoms with van der Waals surface area (Å²) in [6.07, 6.45) is -3.92. The maximum Gasteiger partial charge on any atom is 0.572 e. The highest BCUT2D eigenvalue weighted by molar-refractivity contribution is 5.96.